The van der Waals surface area contributed by atoms with E-state index in [4.69, 9.17) is 9.84 Å². The molecule has 7 nitrogen and oxygen atoms in total. The number of alkyl halides is 9. The quantitative estimate of drug-likeness (QED) is 0.126. The molecule has 1 N–H and O–H groups in total. The predicted octanol–water partition coefficient (Wildman–Crippen LogP) is 8.61. The Bertz CT molecular complexity index is 1510. The molecule has 1 aromatic heterocycles. The lowest BCUT2D eigenvalue weighted by atomic mass is 10.0. The number of benzene rings is 2. The third-order valence-electron chi connectivity index (χ3n) is 7.50. The van der Waals surface area contributed by atoms with Crippen molar-refractivity contribution in [2.24, 2.45) is 5.92 Å². The lowest BCUT2D eigenvalue weighted by Gasteiger charge is -2.30. The van der Waals surface area contributed by atoms with Crippen LogP contribution in [0, 0.1) is 5.92 Å². The number of aromatic nitrogens is 2. The molecule has 1 aliphatic rings. The summed E-state index contributed by atoms with van der Waals surface area (Å²) >= 11 is 0. The van der Waals surface area contributed by atoms with Crippen LogP contribution in [0.15, 0.2) is 48.8 Å². The van der Waals surface area contributed by atoms with Crippen molar-refractivity contribution in [2.45, 2.75) is 70.6 Å². The molecule has 0 radical (unpaired) electrons. The fraction of sp³-hybridized carbons (Fsp3) is 0.469. The van der Waals surface area contributed by atoms with Crippen molar-refractivity contribution >= 4 is 17.6 Å². The van der Waals surface area contributed by atoms with Gasteiger partial charge in [0, 0.05) is 38.3 Å². The first-order chi connectivity index (χ1) is 22.4. The zero-order valence-electron chi connectivity index (χ0n) is 25.7. The first-order valence-electron chi connectivity index (χ1n) is 15.1. The highest BCUT2D eigenvalue weighted by Crippen LogP contribution is 2.39. The fourth-order valence-electron chi connectivity index (χ4n) is 5.08. The first-order valence-corrected chi connectivity index (χ1v) is 15.1. The Morgan fingerprint density at radius 3 is 1.98 bits per heavy atom. The number of carbonyl (C=O) groups is 1. The largest absolute Gasteiger partial charge is 0.490 e. The summed E-state index contributed by atoms with van der Waals surface area (Å²) in [6.45, 7) is 1.94. The number of anilines is 2. The molecule has 0 aliphatic heterocycles. The minimum absolute atomic E-state index is 0.00769. The van der Waals surface area contributed by atoms with Crippen LogP contribution in [-0.4, -0.2) is 40.7 Å². The number of halogens is 9. The molecule has 48 heavy (non-hydrogen) atoms. The molecule has 0 unspecified atom stereocenters. The first kappa shape index (κ1) is 36.6. The van der Waals surface area contributed by atoms with Crippen molar-refractivity contribution in [3.05, 3.63) is 76.6 Å². The molecule has 1 fully saturated rings. The lowest BCUT2D eigenvalue weighted by molar-refractivity contribution is -0.143. The molecule has 1 heterocycles. The number of hydrogen-bond donors (Lipinski definition) is 1. The van der Waals surface area contributed by atoms with Gasteiger partial charge in [-0.15, -0.1) is 0 Å². The Kier molecular flexibility index (Phi) is 11.4. The van der Waals surface area contributed by atoms with Crippen LogP contribution in [0.1, 0.15) is 66.8 Å². The summed E-state index contributed by atoms with van der Waals surface area (Å²) in [5, 5.41) is 8.79. The van der Waals surface area contributed by atoms with E-state index in [1.165, 1.54) is 23.4 Å². The van der Waals surface area contributed by atoms with Gasteiger partial charge in [0.25, 0.3) is 0 Å². The van der Waals surface area contributed by atoms with Gasteiger partial charge in [-0.3, -0.25) is 4.79 Å². The molecule has 1 aliphatic carbocycles. The van der Waals surface area contributed by atoms with Crippen molar-refractivity contribution in [3.8, 4) is 5.75 Å². The molecule has 0 spiro atoms. The maximum Gasteiger partial charge on any atom is 0.416 e. The van der Waals surface area contributed by atoms with Gasteiger partial charge < -0.3 is 19.6 Å². The second kappa shape index (κ2) is 14.9. The summed E-state index contributed by atoms with van der Waals surface area (Å²) < 4.78 is 129. The highest BCUT2D eigenvalue weighted by atomic mass is 19.4. The van der Waals surface area contributed by atoms with E-state index in [0.717, 1.165) is 25.0 Å². The van der Waals surface area contributed by atoms with Gasteiger partial charge in [0.05, 0.1) is 35.7 Å². The van der Waals surface area contributed by atoms with Crippen LogP contribution in [0.5, 0.6) is 5.75 Å². The third-order valence-corrected chi connectivity index (χ3v) is 7.50. The fourth-order valence-corrected chi connectivity index (χ4v) is 5.08. The average molecular weight is 693 g/mol. The second-order valence-corrected chi connectivity index (χ2v) is 11.6. The van der Waals surface area contributed by atoms with Crippen LogP contribution in [-0.2, 0) is 36.4 Å². The van der Waals surface area contributed by atoms with Crippen LogP contribution in [0.2, 0.25) is 0 Å². The van der Waals surface area contributed by atoms with Crippen LogP contribution in [0.25, 0.3) is 0 Å². The minimum Gasteiger partial charge on any atom is -0.490 e. The molecule has 0 atom stereocenters. The van der Waals surface area contributed by atoms with E-state index in [9.17, 15) is 44.3 Å². The number of nitrogens with zero attached hydrogens (tertiary/aromatic N) is 4. The van der Waals surface area contributed by atoms with E-state index in [2.05, 4.69) is 9.97 Å². The molecular formula is C32H33F9N4O3. The second-order valence-electron chi connectivity index (χ2n) is 11.6. The van der Waals surface area contributed by atoms with E-state index in [-0.39, 0.29) is 42.8 Å². The number of hydrogen-bond acceptors (Lipinski definition) is 6. The third kappa shape index (κ3) is 10.4. The van der Waals surface area contributed by atoms with E-state index in [1.807, 2.05) is 11.8 Å². The highest BCUT2D eigenvalue weighted by Gasteiger charge is 2.37. The van der Waals surface area contributed by atoms with E-state index >= 15 is 0 Å². The lowest BCUT2D eigenvalue weighted by Crippen LogP contribution is -2.30. The number of carboxylic acids is 1. The Labute approximate surface area is 270 Å². The Morgan fingerprint density at radius 1 is 0.854 bits per heavy atom. The highest BCUT2D eigenvalue weighted by molar-refractivity contribution is 5.66. The minimum atomic E-state index is -5.12. The molecule has 3 aromatic rings. The monoisotopic (exact) mass is 692 g/mol. The summed E-state index contributed by atoms with van der Waals surface area (Å²) in [6.07, 6.45) is -10.0. The van der Waals surface area contributed by atoms with Crippen molar-refractivity contribution in [3.63, 3.8) is 0 Å². The van der Waals surface area contributed by atoms with Gasteiger partial charge >= 0.3 is 24.5 Å². The maximum absolute atomic E-state index is 13.9. The van der Waals surface area contributed by atoms with Crippen LogP contribution >= 0.6 is 0 Å². The standard InChI is InChI=1S/C32H33F9N4O3/c1-2-9-44(17-20-5-6-20)27-8-7-23(30(33,34)35)13-22(27)19-45(29-42-15-26(16-43-29)48-10-3-4-28(46)47)18-21-11-24(31(36,37)38)14-25(12-21)32(39,40)41/h7-8,11-16,20H,2-6,9-10,17-19H2,1H3,(H,46,47). The van der Waals surface area contributed by atoms with Crippen LogP contribution in [0.4, 0.5) is 51.1 Å². The Hall–Kier alpha value is -4.24. The summed E-state index contributed by atoms with van der Waals surface area (Å²) in [5.74, 6) is -0.792. The summed E-state index contributed by atoms with van der Waals surface area (Å²) in [5.41, 5.74) is -3.92. The number of aliphatic carboxylic acids is 1. The Balaban J connectivity index is 1.78. The molecule has 0 amide bonds. The van der Waals surface area contributed by atoms with Crippen molar-refractivity contribution in [2.75, 3.05) is 29.5 Å². The zero-order chi connectivity index (χ0) is 35.3. The van der Waals surface area contributed by atoms with E-state index < -0.39 is 59.8 Å². The molecule has 16 heteroatoms. The van der Waals surface area contributed by atoms with Gasteiger partial charge in [-0.2, -0.15) is 39.5 Å². The molecular weight excluding hydrogens is 659 g/mol. The van der Waals surface area contributed by atoms with Crippen molar-refractivity contribution in [1.29, 1.82) is 0 Å². The van der Waals surface area contributed by atoms with Gasteiger partial charge in [-0.25, -0.2) is 9.97 Å². The topological polar surface area (TPSA) is 78.8 Å². The van der Waals surface area contributed by atoms with Gasteiger partial charge in [-0.05, 0) is 79.1 Å². The number of carboxylic acid groups (broad SMARTS) is 1. The molecule has 0 saturated heterocycles. The van der Waals surface area contributed by atoms with Crippen molar-refractivity contribution in [1.82, 2.24) is 9.97 Å². The van der Waals surface area contributed by atoms with Gasteiger partial charge in [0.1, 0.15) is 0 Å². The van der Waals surface area contributed by atoms with Gasteiger partial charge in [0.2, 0.25) is 5.95 Å². The predicted molar refractivity (Wildman–Crippen MR) is 157 cm³/mol. The summed E-state index contributed by atoms with van der Waals surface area (Å²) in [4.78, 5) is 22.2. The molecule has 262 valence electrons. The van der Waals surface area contributed by atoms with Crippen LogP contribution in [0.3, 0.4) is 0 Å². The molecule has 4 rings (SSSR count). The SMILES string of the molecule is CCCN(CC1CC1)c1ccc(C(F)(F)F)cc1CN(Cc1cc(C(F)(F)F)cc(C(F)(F)F)c1)c1ncc(OCCCC(=O)O)cn1. The average Bonchev–Trinajstić information content (AvgIpc) is 3.82. The number of ether oxygens (including phenoxy) is 1. The van der Waals surface area contributed by atoms with Crippen molar-refractivity contribution < 1.29 is 54.2 Å². The maximum atomic E-state index is 13.9. The van der Waals surface area contributed by atoms with Gasteiger partial charge in [-0.1, -0.05) is 6.92 Å². The number of rotatable bonds is 15. The summed E-state index contributed by atoms with van der Waals surface area (Å²) in [7, 11) is 0. The van der Waals surface area contributed by atoms with E-state index in [1.54, 1.807) is 0 Å². The zero-order valence-corrected chi connectivity index (χ0v) is 25.7. The Morgan fingerprint density at radius 2 is 1.46 bits per heavy atom. The normalized spacial score (nSPS) is 13.8. The summed E-state index contributed by atoms with van der Waals surface area (Å²) in [6, 6.07) is 4.28. The van der Waals surface area contributed by atoms with E-state index in [0.29, 0.717) is 43.2 Å². The molecule has 0 bridgehead atoms. The molecule has 2 aromatic carbocycles. The van der Waals surface area contributed by atoms with Crippen LogP contribution < -0.4 is 14.5 Å². The smallest absolute Gasteiger partial charge is 0.416 e. The van der Waals surface area contributed by atoms with Gasteiger partial charge in [0.15, 0.2) is 5.75 Å². The molecule has 1 saturated carbocycles.